The Morgan fingerprint density at radius 2 is 1.94 bits per heavy atom. The molecule has 0 bridgehead atoms. The number of nitrogens with zero attached hydrogens (tertiary/aromatic N) is 1. The second kappa shape index (κ2) is 5.32. The van der Waals surface area contributed by atoms with E-state index in [1.54, 1.807) is 4.90 Å². The first-order chi connectivity index (χ1) is 7.88. The molecule has 0 aliphatic carbocycles. The largest absolute Gasteiger partial charge is 0.339 e. The predicted molar refractivity (Wildman–Crippen MR) is 70.8 cm³/mol. The van der Waals surface area contributed by atoms with Crippen molar-refractivity contribution in [1.82, 2.24) is 4.90 Å². The summed E-state index contributed by atoms with van der Waals surface area (Å²) in [5, 5.41) is 0. The van der Waals surface area contributed by atoms with Crippen LogP contribution in [0.15, 0.2) is 24.3 Å². The summed E-state index contributed by atoms with van der Waals surface area (Å²) in [7, 11) is 1.81. The second-order valence-electron chi connectivity index (χ2n) is 5.07. The summed E-state index contributed by atoms with van der Waals surface area (Å²) >= 11 is 0. The van der Waals surface area contributed by atoms with Gasteiger partial charge in [0.25, 0.3) is 0 Å². The Balaban J connectivity index is 2.77. The van der Waals surface area contributed by atoms with E-state index in [0.29, 0.717) is 13.0 Å². The molecule has 0 saturated heterocycles. The maximum atomic E-state index is 12.1. The van der Waals surface area contributed by atoms with E-state index in [1.807, 2.05) is 52.1 Å². The number of amides is 1. The van der Waals surface area contributed by atoms with Gasteiger partial charge in [-0.15, -0.1) is 0 Å². The van der Waals surface area contributed by atoms with Gasteiger partial charge in [-0.05, 0) is 31.9 Å². The summed E-state index contributed by atoms with van der Waals surface area (Å²) in [5.74, 6) is 0.106. The summed E-state index contributed by atoms with van der Waals surface area (Å²) in [5.41, 5.74) is 7.62. The topological polar surface area (TPSA) is 46.3 Å². The third-order valence-corrected chi connectivity index (χ3v) is 3.38. The van der Waals surface area contributed by atoms with E-state index < -0.39 is 0 Å². The zero-order chi connectivity index (χ0) is 13.1. The van der Waals surface area contributed by atoms with Gasteiger partial charge >= 0.3 is 0 Å². The van der Waals surface area contributed by atoms with Gasteiger partial charge in [-0.25, -0.2) is 0 Å². The molecule has 1 rings (SSSR count). The van der Waals surface area contributed by atoms with Crippen molar-refractivity contribution in [2.45, 2.75) is 32.7 Å². The van der Waals surface area contributed by atoms with Gasteiger partial charge in [-0.3, -0.25) is 4.79 Å². The molecule has 0 fully saturated rings. The Hall–Kier alpha value is -1.35. The first kappa shape index (κ1) is 13.7. The Bertz CT molecular complexity index is 399. The number of carbonyl (C=O) groups excluding carboxylic acids is 1. The predicted octanol–water partition coefficient (Wildman–Crippen LogP) is 1.73. The van der Waals surface area contributed by atoms with Crippen molar-refractivity contribution in [2.24, 2.45) is 5.73 Å². The van der Waals surface area contributed by atoms with Crippen LogP contribution >= 0.6 is 0 Å². The maximum absolute atomic E-state index is 12.1. The lowest BCUT2D eigenvalue weighted by Gasteiger charge is -2.34. The van der Waals surface area contributed by atoms with Gasteiger partial charge in [0, 0.05) is 19.1 Å². The molecular weight excluding hydrogens is 212 g/mol. The molecule has 0 aromatic heterocycles. The molecule has 94 valence electrons. The number of likely N-dealkylation sites (N-methyl/N-ethyl adjacent to an activating group) is 1. The van der Waals surface area contributed by atoms with Crippen LogP contribution in [0, 0.1) is 6.92 Å². The van der Waals surface area contributed by atoms with Gasteiger partial charge in [0.1, 0.15) is 0 Å². The molecule has 1 aromatic carbocycles. The molecule has 0 spiro atoms. The quantitative estimate of drug-likeness (QED) is 0.862. The summed E-state index contributed by atoms with van der Waals surface area (Å²) < 4.78 is 0. The van der Waals surface area contributed by atoms with Crippen LogP contribution in [0.5, 0.6) is 0 Å². The van der Waals surface area contributed by atoms with Crippen LogP contribution in [0.2, 0.25) is 0 Å². The highest BCUT2D eigenvalue weighted by molar-refractivity contribution is 5.79. The average Bonchev–Trinajstić information content (AvgIpc) is 2.31. The van der Waals surface area contributed by atoms with Crippen molar-refractivity contribution in [3.05, 3.63) is 35.4 Å². The van der Waals surface area contributed by atoms with E-state index in [1.165, 1.54) is 0 Å². The van der Waals surface area contributed by atoms with E-state index in [2.05, 4.69) is 0 Å². The van der Waals surface area contributed by atoms with E-state index in [9.17, 15) is 4.79 Å². The smallest absolute Gasteiger partial charge is 0.227 e. The minimum Gasteiger partial charge on any atom is -0.339 e. The van der Waals surface area contributed by atoms with E-state index in [0.717, 1.165) is 11.1 Å². The lowest BCUT2D eigenvalue weighted by atomic mass is 10.0. The van der Waals surface area contributed by atoms with Gasteiger partial charge in [0.2, 0.25) is 5.91 Å². The summed E-state index contributed by atoms with van der Waals surface area (Å²) in [6, 6.07) is 7.97. The first-order valence-electron chi connectivity index (χ1n) is 5.89. The minimum atomic E-state index is -0.292. The highest BCUT2D eigenvalue weighted by atomic mass is 16.2. The van der Waals surface area contributed by atoms with Crippen LogP contribution in [-0.2, 0) is 11.2 Å². The SMILES string of the molecule is Cc1ccccc1CC(=O)N(C)C(C)(C)CN. The highest BCUT2D eigenvalue weighted by Gasteiger charge is 2.25. The number of rotatable bonds is 4. The summed E-state index contributed by atoms with van der Waals surface area (Å²) in [6.07, 6.45) is 0.437. The Labute approximate surface area is 104 Å². The van der Waals surface area contributed by atoms with Crippen molar-refractivity contribution in [2.75, 3.05) is 13.6 Å². The van der Waals surface area contributed by atoms with Crippen molar-refractivity contribution in [3.63, 3.8) is 0 Å². The number of carbonyl (C=O) groups is 1. The summed E-state index contributed by atoms with van der Waals surface area (Å²) in [6.45, 7) is 6.44. The number of nitrogens with two attached hydrogens (primary N) is 1. The fourth-order valence-electron chi connectivity index (χ4n) is 1.56. The van der Waals surface area contributed by atoms with Crippen molar-refractivity contribution in [3.8, 4) is 0 Å². The Morgan fingerprint density at radius 1 is 1.35 bits per heavy atom. The molecule has 3 heteroatoms. The molecule has 3 nitrogen and oxygen atoms in total. The minimum absolute atomic E-state index is 0.106. The van der Waals surface area contributed by atoms with Crippen LogP contribution in [0.4, 0.5) is 0 Å². The lowest BCUT2D eigenvalue weighted by Crippen LogP contribution is -2.50. The lowest BCUT2D eigenvalue weighted by molar-refractivity contribution is -0.133. The van der Waals surface area contributed by atoms with Gasteiger partial charge in [-0.2, -0.15) is 0 Å². The molecule has 2 N–H and O–H groups in total. The average molecular weight is 234 g/mol. The van der Waals surface area contributed by atoms with Gasteiger partial charge in [0.05, 0.1) is 6.42 Å². The molecule has 0 unspecified atom stereocenters. The molecule has 0 aliphatic heterocycles. The van der Waals surface area contributed by atoms with E-state index in [4.69, 9.17) is 5.73 Å². The van der Waals surface area contributed by atoms with Crippen LogP contribution < -0.4 is 5.73 Å². The van der Waals surface area contributed by atoms with Crippen LogP contribution in [0.1, 0.15) is 25.0 Å². The number of aryl methyl sites for hydroxylation is 1. The molecule has 0 heterocycles. The third kappa shape index (κ3) is 3.30. The molecule has 1 aromatic rings. The molecule has 0 saturated carbocycles. The fraction of sp³-hybridized carbons (Fsp3) is 0.500. The number of benzene rings is 1. The number of hydrogen-bond donors (Lipinski definition) is 1. The van der Waals surface area contributed by atoms with Crippen molar-refractivity contribution < 1.29 is 4.79 Å². The first-order valence-corrected chi connectivity index (χ1v) is 5.89. The number of hydrogen-bond acceptors (Lipinski definition) is 2. The normalized spacial score (nSPS) is 11.4. The molecule has 1 amide bonds. The maximum Gasteiger partial charge on any atom is 0.227 e. The van der Waals surface area contributed by atoms with E-state index >= 15 is 0 Å². The van der Waals surface area contributed by atoms with Gasteiger partial charge in [0.15, 0.2) is 0 Å². The van der Waals surface area contributed by atoms with Crippen molar-refractivity contribution >= 4 is 5.91 Å². The Morgan fingerprint density at radius 3 is 2.47 bits per heavy atom. The highest BCUT2D eigenvalue weighted by Crippen LogP contribution is 2.14. The molecule has 0 radical (unpaired) electrons. The zero-order valence-corrected chi connectivity index (χ0v) is 11.2. The van der Waals surface area contributed by atoms with Gasteiger partial charge in [-0.1, -0.05) is 24.3 Å². The Kier molecular flexibility index (Phi) is 4.29. The second-order valence-corrected chi connectivity index (χ2v) is 5.07. The van der Waals surface area contributed by atoms with Crippen LogP contribution in [0.25, 0.3) is 0 Å². The summed E-state index contributed by atoms with van der Waals surface area (Å²) in [4.78, 5) is 13.9. The molecule has 0 atom stereocenters. The van der Waals surface area contributed by atoms with Gasteiger partial charge < -0.3 is 10.6 Å². The monoisotopic (exact) mass is 234 g/mol. The standard InChI is InChI=1S/C14H22N2O/c1-11-7-5-6-8-12(11)9-13(17)16(4)14(2,3)10-15/h5-8H,9-10,15H2,1-4H3. The third-order valence-electron chi connectivity index (χ3n) is 3.38. The van der Waals surface area contributed by atoms with Crippen LogP contribution in [-0.4, -0.2) is 29.9 Å². The molecule has 0 aliphatic rings. The van der Waals surface area contributed by atoms with E-state index in [-0.39, 0.29) is 11.4 Å². The zero-order valence-electron chi connectivity index (χ0n) is 11.2. The molecular formula is C14H22N2O. The van der Waals surface area contributed by atoms with Crippen molar-refractivity contribution in [1.29, 1.82) is 0 Å². The van der Waals surface area contributed by atoms with Crippen LogP contribution in [0.3, 0.4) is 0 Å². The molecule has 17 heavy (non-hydrogen) atoms. The fourth-order valence-corrected chi connectivity index (χ4v) is 1.56.